The van der Waals surface area contributed by atoms with E-state index in [9.17, 15) is 9.59 Å². The van der Waals surface area contributed by atoms with Gasteiger partial charge in [0.25, 0.3) is 0 Å². The molecule has 0 radical (unpaired) electrons. The van der Waals surface area contributed by atoms with Crippen molar-refractivity contribution < 1.29 is 23.8 Å². The van der Waals surface area contributed by atoms with Gasteiger partial charge in [0.1, 0.15) is 28.7 Å². The molecular weight excluding hydrogens is 460 g/mol. The number of rotatable bonds is 3. The van der Waals surface area contributed by atoms with Crippen molar-refractivity contribution in [2.75, 3.05) is 19.0 Å². The van der Waals surface area contributed by atoms with Gasteiger partial charge in [-0.15, -0.1) is 0 Å². The number of hydrogen-bond acceptors (Lipinski definition) is 8. The fourth-order valence-electron chi connectivity index (χ4n) is 4.23. The van der Waals surface area contributed by atoms with Gasteiger partial charge in [0.15, 0.2) is 0 Å². The highest BCUT2D eigenvalue weighted by molar-refractivity contribution is 6.28. The Morgan fingerprint density at radius 1 is 1.26 bits per heavy atom. The molecule has 9 nitrogen and oxygen atoms in total. The SMILES string of the molecule is COC(=O)C1(Nc2nc(Cl)ncc2C#CC2COC(C)(C)N2C(=O)OC(C)(C)C)CCCCC1. The first-order chi connectivity index (χ1) is 15.9. The summed E-state index contributed by atoms with van der Waals surface area (Å²) in [7, 11) is 1.38. The number of carbonyl (C=O) groups excluding carboxylic acids is 2. The van der Waals surface area contributed by atoms with Crippen LogP contribution in [-0.4, -0.2) is 63.6 Å². The molecule has 1 aliphatic carbocycles. The molecule has 10 heteroatoms. The van der Waals surface area contributed by atoms with Crippen LogP contribution in [0.15, 0.2) is 6.20 Å². The fraction of sp³-hybridized carbons (Fsp3) is 0.667. The number of esters is 1. The predicted molar refractivity (Wildman–Crippen MR) is 127 cm³/mol. The number of nitrogens with zero attached hydrogens (tertiary/aromatic N) is 3. The molecule has 2 heterocycles. The summed E-state index contributed by atoms with van der Waals surface area (Å²) < 4.78 is 16.5. The number of carbonyl (C=O) groups is 2. The second-order valence-corrected chi connectivity index (χ2v) is 10.4. The topological polar surface area (TPSA) is 103 Å². The first-order valence-corrected chi connectivity index (χ1v) is 11.8. The minimum Gasteiger partial charge on any atom is -0.467 e. The van der Waals surface area contributed by atoms with E-state index in [4.69, 9.17) is 25.8 Å². The Morgan fingerprint density at radius 2 is 1.94 bits per heavy atom. The van der Waals surface area contributed by atoms with E-state index in [0.29, 0.717) is 24.2 Å². The Hall–Kier alpha value is -2.57. The lowest BCUT2D eigenvalue weighted by atomic mass is 9.81. The van der Waals surface area contributed by atoms with Crippen LogP contribution in [-0.2, 0) is 19.0 Å². The fourth-order valence-corrected chi connectivity index (χ4v) is 4.37. The van der Waals surface area contributed by atoms with E-state index in [2.05, 4.69) is 27.1 Å². The van der Waals surface area contributed by atoms with Crippen LogP contribution in [0.4, 0.5) is 10.6 Å². The zero-order valence-electron chi connectivity index (χ0n) is 20.7. The molecule has 1 amide bonds. The molecule has 1 saturated carbocycles. The van der Waals surface area contributed by atoms with Gasteiger partial charge in [-0.3, -0.25) is 4.90 Å². The lowest BCUT2D eigenvalue weighted by Gasteiger charge is -2.35. The molecule has 3 rings (SSSR count). The maximum absolute atomic E-state index is 12.9. The van der Waals surface area contributed by atoms with Crippen molar-refractivity contribution in [2.24, 2.45) is 0 Å². The Labute approximate surface area is 205 Å². The summed E-state index contributed by atoms with van der Waals surface area (Å²) >= 11 is 6.07. The lowest BCUT2D eigenvalue weighted by molar-refractivity contribution is -0.147. The maximum atomic E-state index is 12.9. The van der Waals surface area contributed by atoms with E-state index in [0.717, 1.165) is 19.3 Å². The molecule has 0 aromatic carbocycles. The number of nitrogens with one attached hydrogen (secondary N) is 1. The number of aromatic nitrogens is 2. The average Bonchev–Trinajstić information content (AvgIpc) is 3.06. The minimum atomic E-state index is -0.901. The minimum absolute atomic E-state index is 0.0320. The van der Waals surface area contributed by atoms with E-state index in [1.807, 2.05) is 0 Å². The smallest absolute Gasteiger partial charge is 0.413 e. The van der Waals surface area contributed by atoms with Crippen molar-refractivity contribution in [3.8, 4) is 11.8 Å². The Balaban J connectivity index is 1.92. The highest BCUT2D eigenvalue weighted by Crippen LogP contribution is 2.34. The summed E-state index contributed by atoms with van der Waals surface area (Å²) in [6.45, 7) is 9.23. The first kappa shape index (κ1) is 26.0. The summed E-state index contributed by atoms with van der Waals surface area (Å²) in [6.07, 6.45) is 5.05. The Kier molecular flexibility index (Phi) is 7.63. The third kappa shape index (κ3) is 5.91. The van der Waals surface area contributed by atoms with Crippen LogP contribution in [0.3, 0.4) is 0 Å². The standard InChI is InChI=1S/C24H33ClN4O5/c1-22(2,3)34-21(31)29-17(15-33-23(29,4)5)11-10-16-14-26-20(25)27-18(16)28-24(19(30)32-6)12-8-7-9-13-24/h14,17H,7-9,12-13,15H2,1-6H3,(H,26,27,28). The van der Waals surface area contributed by atoms with Gasteiger partial charge in [-0.2, -0.15) is 4.98 Å². The van der Waals surface area contributed by atoms with Crippen molar-refractivity contribution in [1.29, 1.82) is 0 Å². The number of anilines is 1. The van der Waals surface area contributed by atoms with Gasteiger partial charge in [-0.25, -0.2) is 14.6 Å². The molecule has 2 aliphatic rings. The summed E-state index contributed by atoms with van der Waals surface area (Å²) in [5.41, 5.74) is -1.98. The van der Waals surface area contributed by atoms with Crippen LogP contribution in [0.25, 0.3) is 0 Å². The Morgan fingerprint density at radius 3 is 2.56 bits per heavy atom. The van der Waals surface area contributed by atoms with Gasteiger partial charge in [-0.1, -0.05) is 31.1 Å². The number of ether oxygens (including phenoxy) is 3. The predicted octanol–water partition coefficient (Wildman–Crippen LogP) is 4.14. The summed E-state index contributed by atoms with van der Waals surface area (Å²) in [4.78, 5) is 35.4. The van der Waals surface area contributed by atoms with E-state index < -0.39 is 29.0 Å². The van der Waals surface area contributed by atoms with Gasteiger partial charge in [0.2, 0.25) is 5.28 Å². The summed E-state index contributed by atoms with van der Waals surface area (Å²) in [6, 6.07) is -0.544. The molecule has 1 N–H and O–H groups in total. The Bertz CT molecular complexity index is 989. The van der Waals surface area contributed by atoms with Crippen LogP contribution < -0.4 is 5.32 Å². The van der Waals surface area contributed by atoms with E-state index in [1.165, 1.54) is 18.2 Å². The quantitative estimate of drug-likeness (QED) is 0.381. The maximum Gasteiger partial charge on any atom is 0.413 e. The third-order valence-corrected chi connectivity index (χ3v) is 6.03. The van der Waals surface area contributed by atoms with Crippen LogP contribution in [0, 0.1) is 11.8 Å². The van der Waals surface area contributed by atoms with Gasteiger partial charge in [0, 0.05) is 6.20 Å². The summed E-state index contributed by atoms with van der Waals surface area (Å²) in [5.74, 6) is 6.15. The molecule has 1 saturated heterocycles. The average molecular weight is 493 g/mol. The zero-order chi connectivity index (χ0) is 25.1. The van der Waals surface area contributed by atoms with Crippen LogP contribution in [0.1, 0.15) is 72.3 Å². The molecule has 0 bridgehead atoms. The van der Waals surface area contributed by atoms with E-state index >= 15 is 0 Å². The molecule has 1 atom stereocenters. The van der Waals surface area contributed by atoms with Crippen molar-refractivity contribution in [3.05, 3.63) is 17.0 Å². The first-order valence-electron chi connectivity index (χ1n) is 11.4. The molecule has 0 spiro atoms. The number of amides is 1. The lowest BCUT2D eigenvalue weighted by Crippen LogP contribution is -2.49. The molecule has 186 valence electrons. The highest BCUT2D eigenvalue weighted by Gasteiger charge is 2.45. The van der Waals surface area contributed by atoms with Gasteiger partial charge < -0.3 is 19.5 Å². The highest BCUT2D eigenvalue weighted by atomic mass is 35.5. The molecule has 1 aromatic heterocycles. The summed E-state index contributed by atoms with van der Waals surface area (Å²) in [5, 5.41) is 3.29. The normalized spacial score (nSPS) is 21.3. The number of methoxy groups -OCH3 is 1. The van der Waals surface area contributed by atoms with Crippen molar-refractivity contribution in [3.63, 3.8) is 0 Å². The third-order valence-electron chi connectivity index (χ3n) is 5.85. The largest absolute Gasteiger partial charge is 0.467 e. The molecule has 1 aromatic rings. The van der Waals surface area contributed by atoms with Crippen LogP contribution in [0.5, 0.6) is 0 Å². The second kappa shape index (κ2) is 9.96. The second-order valence-electron chi connectivity index (χ2n) is 10.1. The monoisotopic (exact) mass is 492 g/mol. The van der Waals surface area contributed by atoms with Crippen LogP contribution >= 0.6 is 11.6 Å². The van der Waals surface area contributed by atoms with Crippen molar-refractivity contribution in [1.82, 2.24) is 14.9 Å². The molecule has 1 unspecified atom stereocenters. The number of halogens is 1. The number of hydrogen-bond donors (Lipinski definition) is 1. The van der Waals surface area contributed by atoms with Gasteiger partial charge >= 0.3 is 12.1 Å². The van der Waals surface area contributed by atoms with Gasteiger partial charge in [-0.05, 0) is 59.1 Å². The molecule has 2 fully saturated rings. The van der Waals surface area contributed by atoms with E-state index in [1.54, 1.807) is 34.6 Å². The van der Waals surface area contributed by atoms with E-state index in [-0.39, 0.29) is 17.9 Å². The molecule has 1 aliphatic heterocycles. The van der Waals surface area contributed by atoms with Crippen molar-refractivity contribution in [2.45, 2.75) is 89.6 Å². The van der Waals surface area contributed by atoms with Crippen LogP contribution in [0.2, 0.25) is 5.28 Å². The van der Waals surface area contributed by atoms with Gasteiger partial charge in [0.05, 0.1) is 19.3 Å². The van der Waals surface area contributed by atoms with Crippen molar-refractivity contribution >= 4 is 29.5 Å². The molecular formula is C24H33ClN4O5. The molecule has 34 heavy (non-hydrogen) atoms. The zero-order valence-corrected chi connectivity index (χ0v) is 21.4.